The van der Waals surface area contributed by atoms with E-state index in [0.717, 1.165) is 11.3 Å². The van der Waals surface area contributed by atoms with Crippen molar-refractivity contribution in [3.8, 4) is 0 Å². The Hall–Kier alpha value is -1.32. The number of rotatable bonds is 3. The van der Waals surface area contributed by atoms with Crippen LogP contribution in [-0.2, 0) is 0 Å². The SMILES string of the molecule is C/C(=C\N(N)c1ccccc1)CO. The lowest BCUT2D eigenvalue weighted by molar-refractivity contribution is 0.331. The van der Waals surface area contributed by atoms with Crippen LogP contribution in [0.2, 0.25) is 0 Å². The number of para-hydroxylation sites is 1. The topological polar surface area (TPSA) is 49.5 Å². The van der Waals surface area contributed by atoms with Crippen molar-refractivity contribution in [3.05, 3.63) is 42.1 Å². The van der Waals surface area contributed by atoms with Gasteiger partial charge in [-0.25, -0.2) is 5.84 Å². The van der Waals surface area contributed by atoms with E-state index in [1.54, 1.807) is 6.20 Å². The van der Waals surface area contributed by atoms with Crippen LogP contribution in [0.1, 0.15) is 6.92 Å². The Balaban J connectivity index is 2.75. The predicted molar refractivity (Wildman–Crippen MR) is 54.0 cm³/mol. The highest BCUT2D eigenvalue weighted by Gasteiger charge is 1.96. The smallest absolute Gasteiger partial charge is 0.0656 e. The van der Waals surface area contributed by atoms with Gasteiger partial charge in [0.05, 0.1) is 12.3 Å². The molecule has 0 amide bonds. The Morgan fingerprint density at radius 3 is 2.62 bits per heavy atom. The van der Waals surface area contributed by atoms with Crippen LogP contribution in [0.4, 0.5) is 5.69 Å². The van der Waals surface area contributed by atoms with Crippen molar-refractivity contribution in [1.29, 1.82) is 0 Å². The highest BCUT2D eigenvalue weighted by atomic mass is 16.3. The summed E-state index contributed by atoms with van der Waals surface area (Å²) in [5.74, 6) is 5.72. The van der Waals surface area contributed by atoms with E-state index < -0.39 is 0 Å². The van der Waals surface area contributed by atoms with Gasteiger partial charge in [-0.1, -0.05) is 18.2 Å². The fourth-order valence-corrected chi connectivity index (χ4v) is 0.953. The lowest BCUT2D eigenvalue weighted by Gasteiger charge is -2.14. The van der Waals surface area contributed by atoms with Crippen LogP contribution in [0.25, 0.3) is 0 Å². The van der Waals surface area contributed by atoms with Crippen LogP contribution in [0, 0.1) is 0 Å². The molecule has 0 bridgehead atoms. The fourth-order valence-electron chi connectivity index (χ4n) is 0.953. The third kappa shape index (κ3) is 2.89. The molecule has 0 heterocycles. The van der Waals surface area contributed by atoms with Crippen molar-refractivity contribution in [1.82, 2.24) is 0 Å². The van der Waals surface area contributed by atoms with Gasteiger partial charge < -0.3 is 5.11 Å². The fraction of sp³-hybridized carbons (Fsp3) is 0.200. The maximum absolute atomic E-state index is 8.78. The molecule has 1 aromatic carbocycles. The van der Waals surface area contributed by atoms with E-state index in [2.05, 4.69) is 0 Å². The average molecular weight is 178 g/mol. The molecule has 3 heteroatoms. The summed E-state index contributed by atoms with van der Waals surface area (Å²) in [6, 6.07) is 9.57. The predicted octanol–water partition coefficient (Wildman–Crippen LogP) is 1.26. The molecule has 0 aromatic heterocycles. The molecule has 0 atom stereocenters. The van der Waals surface area contributed by atoms with Crippen LogP contribution >= 0.6 is 0 Å². The molecule has 0 radical (unpaired) electrons. The minimum absolute atomic E-state index is 0.0283. The normalized spacial score (nSPS) is 11.5. The van der Waals surface area contributed by atoms with E-state index in [0.29, 0.717) is 0 Å². The number of aliphatic hydroxyl groups is 1. The molecule has 0 aliphatic carbocycles. The summed E-state index contributed by atoms with van der Waals surface area (Å²) in [6.45, 7) is 1.85. The second kappa shape index (κ2) is 4.64. The summed E-state index contributed by atoms with van der Waals surface area (Å²) in [4.78, 5) is 0. The van der Waals surface area contributed by atoms with Gasteiger partial charge in [0.1, 0.15) is 0 Å². The number of anilines is 1. The van der Waals surface area contributed by atoms with Gasteiger partial charge in [0.25, 0.3) is 0 Å². The van der Waals surface area contributed by atoms with Crippen LogP contribution < -0.4 is 10.9 Å². The molecule has 1 aromatic rings. The first-order valence-electron chi connectivity index (χ1n) is 4.11. The molecule has 0 saturated carbocycles. The lowest BCUT2D eigenvalue weighted by atomic mass is 10.3. The molecule has 3 nitrogen and oxygen atoms in total. The van der Waals surface area contributed by atoms with E-state index in [9.17, 15) is 0 Å². The van der Waals surface area contributed by atoms with Crippen molar-refractivity contribution in [2.45, 2.75) is 6.92 Å². The molecular weight excluding hydrogens is 164 g/mol. The number of hydrogen-bond acceptors (Lipinski definition) is 3. The van der Waals surface area contributed by atoms with E-state index in [1.807, 2.05) is 37.3 Å². The van der Waals surface area contributed by atoms with Gasteiger partial charge in [0, 0.05) is 6.20 Å². The number of hydrazine groups is 1. The minimum atomic E-state index is 0.0283. The van der Waals surface area contributed by atoms with Gasteiger partial charge in [-0.15, -0.1) is 0 Å². The van der Waals surface area contributed by atoms with Crippen molar-refractivity contribution in [3.63, 3.8) is 0 Å². The van der Waals surface area contributed by atoms with Crippen LogP contribution in [-0.4, -0.2) is 11.7 Å². The van der Waals surface area contributed by atoms with Crippen molar-refractivity contribution in [2.24, 2.45) is 5.84 Å². The monoisotopic (exact) mass is 178 g/mol. The molecule has 0 spiro atoms. The Morgan fingerprint density at radius 1 is 1.46 bits per heavy atom. The van der Waals surface area contributed by atoms with Crippen molar-refractivity contribution >= 4 is 5.69 Å². The van der Waals surface area contributed by atoms with Gasteiger partial charge in [0.2, 0.25) is 0 Å². The average Bonchev–Trinajstić information content (AvgIpc) is 2.19. The van der Waals surface area contributed by atoms with E-state index in [1.165, 1.54) is 5.01 Å². The van der Waals surface area contributed by atoms with Gasteiger partial charge in [-0.2, -0.15) is 0 Å². The number of benzene rings is 1. The van der Waals surface area contributed by atoms with Crippen LogP contribution in [0.3, 0.4) is 0 Å². The highest BCUT2D eigenvalue weighted by molar-refractivity contribution is 5.47. The van der Waals surface area contributed by atoms with Gasteiger partial charge in [-0.3, -0.25) is 5.01 Å². The molecule has 0 unspecified atom stereocenters. The summed E-state index contributed by atoms with van der Waals surface area (Å²) in [5.41, 5.74) is 1.72. The number of nitrogens with zero attached hydrogens (tertiary/aromatic N) is 1. The maximum atomic E-state index is 8.78. The zero-order valence-corrected chi connectivity index (χ0v) is 7.64. The van der Waals surface area contributed by atoms with Crippen molar-refractivity contribution < 1.29 is 5.11 Å². The third-order valence-electron chi connectivity index (χ3n) is 1.66. The lowest BCUT2D eigenvalue weighted by Crippen LogP contribution is -2.24. The first-order chi connectivity index (χ1) is 6.24. The van der Waals surface area contributed by atoms with E-state index in [-0.39, 0.29) is 6.61 Å². The molecule has 0 aliphatic rings. The molecule has 0 aliphatic heterocycles. The molecule has 13 heavy (non-hydrogen) atoms. The van der Waals surface area contributed by atoms with Gasteiger partial charge >= 0.3 is 0 Å². The Bertz CT molecular complexity index is 282. The van der Waals surface area contributed by atoms with Gasteiger partial charge in [0.15, 0.2) is 0 Å². The zero-order chi connectivity index (χ0) is 9.68. The summed E-state index contributed by atoms with van der Waals surface area (Å²) >= 11 is 0. The Kier molecular flexibility index (Phi) is 3.49. The first-order valence-corrected chi connectivity index (χ1v) is 4.11. The second-order valence-corrected chi connectivity index (χ2v) is 2.88. The molecule has 1 rings (SSSR count). The van der Waals surface area contributed by atoms with Gasteiger partial charge in [-0.05, 0) is 24.6 Å². The largest absolute Gasteiger partial charge is 0.392 e. The number of aliphatic hydroxyl groups excluding tert-OH is 1. The standard InChI is InChI=1S/C10H14N2O/c1-9(8-13)7-12(11)10-5-3-2-4-6-10/h2-7,13H,8,11H2,1H3/b9-7+. The van der Waals surface area contributed by atoms with Crippen LogP contribution in [0.5, 0.6) is 0 Å². The third-order valence-corrected chi connectivity index (χ3v) is 1.66. The highest BCUT2D eigenvalue weighted by Crippen LogP contribution is 2.10. The molecule has 0 fully saturated rings. The molecule has 0 saturated heterocycles. The number of nitrogens with two attached hydrogens (primary N) is 1. The van der Waals surface area contributed by atoms with E-state index >= 15 is 0 Å². The molecular formula is C10H14N2O. The summed E-state index contributed by atoms with van der Waals surface area (Å²) in [5, 5.41) is 10.3. The molecule has 70 valence electrons. The summed E-state index contributed by atoms with van der Waals surface area (Å²) in [7, 11) is 0. The van der Waals surface area contributed by atoms with Crippen molar-refractivity contribution in [2.75, 3.05) is 11.6 Å². The Labute approximate surface area is 78.1 Å². The quantitative estimate of drug-likeness (QED) is 0.541. The van der Waals surface area contributed by atoms with Crippen LogP contribution in [0.15, 0.2) is 42.1 Å². The maximum Gasteiger partial charge on any atom is 0.0656 e. The van der Waals surface area contributed by atoms with E-state index in [4.69, 9.17) is 10.9 Å². The summed E-state index contributed by atoms with van der Waals surface area (Å²) in [6.07, 6.45) is 1.70. The summed E-state index contributed by atoms with van der Waals surface area (Å²) < 4.78 is 0. The number of hydrogen-bond donors (Lipinski definition) is 2. The second-order valence-electron chi connectivity index (χ2n) is 2.88. The zero-order valence-electron chi connectivity index (χ0n) is 7.64. The Morgan fingerprint density at radius 2 is 2.08 bits per heavy atom. The molecule has 3 N–H and O–H groups in total. The first kappa shape index (κ1) is 9.77. The minimum Gasteiger partial charge on any atom is -0.392 e.